The summed E-state index contributed by atoms with van der Waals surface area (Å²) < 4.78 is 5.37. The Balaban J connectivity index is 1.24. The number of benzene rings is 1. The number of hydrogen-bond acceptors (Lipinski definition) is 4. The molecular weight excluding hydrogens is 338 g/mol. The second-order valence-electron chi connectivity index (χ2n) is 8.26. The van der Waals surface area contributed by atoms with Crippen LogP contribution >= 0.6 is 0 Å². The van der Waals surface area contributed by atoms with Crippen LogP contribution in [0.2, 0.25) is 0 Å². The molecule has 3 aliphatic heterocycles. The van der Waals surface area contributed by atoms with E-state index < -0.39 is 0 Å². The number of carbonyl (C=O) groups excluding carboxylic acids is 1. The number of likely N-dealkylation sites (tertiary alicyclic amines) is 2. The van der Waals surface area contributed by atoms with Gasteiger partial charge in [-0.1, -0.05) is 30.3 Å². The van der Waals surface area contributed by atoms with Crippen LogP contribution in [-0.4, -0.2) is 79.1 Å². The number of ether oxygens (including phenoxy) is 1. The van der Waals surface area contributed by atoms with Crippen molar-refractivity contribution in [2.24, 2.45) is 5.92 Å². The second kappa shape index (κ2) is 9.18. The van der Waals surface area contributed by atoms with Gasteiger partial charge in [-0.15, -0.1) is 0 Å². The minimum absolute atomic E-state index is 0.225. The van der Waals surface area contributed by atoms with Gasteiger partial charge in [0.25, 0.3) is 0 Å². The number of piperidine rings is 1. The molecule has 3 saturated heterocycles. The molecule has 1 amide bonds. The molecule has 5 nitrogen and oxygen atoms in total. The zero-order chi connectivity index (χ0) is 18.5. The van der Waals surface area contributed by atoms with Crippen molar-refractivity contribution in [3.63, 3.8) is 0 Å². The van der Waals surface area contributed by atoms with Gasteiger partial charge in [-0.2, -0.15) is 0 Å². The normalized spacial score (nSPS) is 25.8. The van der Waals surface area contributed by atoms with Crippen molar-refractivity contribution in [2.45, 2.75) is 38.3 Å². The summed E-state index contributed by atoms with van der Waals surface area (Å²) in [7, 11) is 0. The third-order valence-corrected chi connectivity index (χ3v) is 6.46. The average Bonchev–Trinajstić information content (AvgIpc) is 3.16. The Bertz CT molecular complexity index is 595. The fourth-order valence-electron chi connectivity index (χ4n) is 4.83. The van der Waals surface area contributed by atoms with Crippen LogP contribution in [0, 0.1) is 5.92 Å². The first-order chi connectivity index (χ1) is 13.3. The van der Waals surface area contributed by atoms with Gasteiger partial charge in [-0.25, -0.2) is 0 Å². The van der Waals surface area contributed by atoms with Crippen molar-refractivity contribution in [3.8, 4) is 0 Å². The summed E-state index contributed by atoms with van der Waals surface area (Å²) in [5.74, 6) is 0.591. The third-order valence-electron chi connectivity index (χ3n) is 6.46. The van der Waals surface area contributed by atoms with Crippen molar-refractivity contribution in [1.82, 2.24) is 14.7 Å². The Morgan fingerprint density at radius 3 is 2.44 bits per heavy atom. The molecule has 1 aromatic carbocycles. The van der Waals surface area contributed by atoms with Gasteiger partial charge in [0.2, 0.25) is 5.91 Å². The molecule has 0 spiro atoms. The van der Waals surface area contributed by atoms with E-state index in [1.54, 1.807) is 0 Å². The molecule has 4 rings (SSSR count). The van der Waals surface area contributed by atoms with Gasteiger partial charge in [0, 0.05) is 38.1 Å². The lowest BCUT2D eigenvalue weighted by molar-refractivity contribution is -0.141. The SMILES string of the molecule is O=C(C1CCN(C[C@H]2CCCN2Cc2ccccc2)CC1)N1CCOCC1. The molecular formula is C22H33N3O2. The lowest BCUT2D eigenvalue weighted by atomic mass is 9.94. The predicted octanol–water partition coefficient (Wildman–Crippen LogP) is 2.22. The van der Waals surface area contributed by atoms with E-state index in [-0.39, 0.29) is 5.92 Å². The summed E-state index contributed by atoms with van der Waals surface area (Å²) in [4.78, 5) is 20.0. The summed E-state index contributed by atoms with van der Waals surface area (Å²) in [6.07, 6.45) is 4.64. The first kappa shape index (κ1) is 18.9. The van der Waals surface area contributed by atoms with Crippen LogP contribution in [0.4, 0.5) is 0 Å². The molecule has 0 aromatic heterocycles. The van der Waals surface area contributed by atoms with Crippen molar-refractivity contribution >= 4 is 5.91 Å². The topological polar surface area (TPSA) is 36.0 Å². The van der Waals surface area contributed by atoms with Crippen molar-refractivity contribution in [1.29, 1.82) is 0 Å². The Morgan fingerprint density at radius 2 is 1.70 bits per heavy atom. The van der Waals surface area contributed by atoms with E-state index >= 15 is 0 Å². The van der Waals surface area contributed by atoms with Crippen LogP contribution in [-0.2, 0) is 16.1 Å². The molecule has 0 radical (unpaired) electrons. The van der Waals surface area contributed by atoms with Crippen molar-refractivity contribution in [3.05, 3.63) is 35.9 Å². The maximum absolute atomic E-state index is 12.7. The van der Waals surface area contributed by atoms with Crippen LogP contribution in [0.1, 0.15) is 31.2 Å². The number of rotatable bonds is 5. The summed E-state index contributed by atoms with van der Waals surface area (Å²) in [5.41, 5.74) is 1.42. The summed E-state index contributed by atoms with van der Waals surface area (Å²) in [6.45, 7) is 8.51. The second-order valence-corrected chi connectivity index (χ2v) is 8.26. The number of nitrogens with zero attached hydrogens (tertiary/aromatic N) is 3. The van der Waals surface area contributed by atoms with E-state index in [0.29, 0.717) is 25.2 Å². The Labute approximate surface area is 163 Å². The molecule has 3 fully saturated rings. The van der Waals surface area contributed by atoms with Crippen molar-refractivity contribution in [2.75, 3.05) is 52.5 Å². The molecule has 27 heavy (non-hydrogen) atoms. The van der Waals surface area contributed by atoms with Crippen LogP contribution < -0.4 is 0 Å². The zero-order valence-corrected chi connectivity index (χ0v) is 16.4. The van der Waals surface area contributed by atoms with Crippen LogP contribution in [0.25, 0.3) is 0 Å². The summed E-state index contributed by atoms with van der Waals surface area (Å²) >= 11 is 0. The zero-order valence-electron chi connectivity index (χ0n) is 16.4. The maximum atomic E-state index is 12.7. The highest BCUT2D eigenvalue weighted by molar-refractivity contribution is 5.79. The molecule has 0 bridgehead atoms. The Hall–Kier alpha value is -1.43. The smallest absolute Gasteiger partial charge is 0.225 e. The standard InChI is InChI=1S/C22H33N3O2/c26-22(24-13-15-27-16-14-24)20-8-11-23(12-9-20)18-21-7-4-10-25(21)17-19-5-2-1-3-6-19/h1-3,5-6,20-21H,4,7-18H2/t21-/m1/s1. The van der Waals surface area contributed by atoms with Gasteiger partial charge in [-0.05, 0) is 50.9 Å². The van der Waals surface area contributed by atoms with E-state index in [4.69, 9.17) is 4.74 Å². The van der Waals surface area contributed by atoms with Gasteiger partial charge < -0.3 is 14.5 Å². The number of hydrogen-bond donors (Lipinski definition) is 0. The monoisotopic (exact) mass is 371 g/mol. The minimum atomic E-state index is 0.225. The first-order valence-electron chi connectivity index (χ1n) is 10.7. The van der Waals surface area contributed by atoms with E-state index in [0.717, 1.165) is 52.1 Å². The highest BCUT2D eigenvalue weighted by Crippen LogP contribution is 2.25. The molecule has 5 heteroatoms. The van der Waals surface area contributed by atoms with Gasteiger partial charge in [0.1, 0.15) is 0 Å². The van der Waals surface area contributed by atoms with Crippen LogP contribution in [0.5, 0.6) is 0 Å². The van der Waals surface area contributed by atoms with Gasteiger partial charge in [0.15, 0.2) is 0 Å². The molecule has 0 saturated carbocycles. The number of morpholine rings is 1. The number of amides is 1. The molecule has 0 aliphatic carbocycles. The summed E-state index contributed by atoms with van der Waals surface area (Å²) in [6, 6.07) is 11.5. The van der Waals surface area contributed by atoms with Crippen LogP contribution in [0.3, 0.4) is 0 Å². The van der Waals surface area contributed by atoms with Crippen molar-refractivity contribution < 1.29 is 9.53 Å². The van der Waals surface area contributed by atoms with E-state index in [2.05, 4.69) is 40.1 Å². The predicted molar refractivity (Wildman–Crippen MR) is 106 cm³/mol. The van der Waals surface area contributed by atoms with E-state index in [9.17, 15) is 4.79 Å². The first-order valence-corrected chi connectivity index (χ1v) is 10.7. The largest absolute Gasteiger partial charge is 0.378 e. The Kier molecular flexibility index (Phi) is 6.43. The molecule has 148 valence electrons. The lowest BCUT2D eigenvalue weighted by Gasteiger charge is -2.37. The van der Waals surface area contributed by atoms with E-state index in [1.807, 2.05) is 4.90 Å². The molecule has 3 aliphatic rings. The molecule has 1 atom stereocenters. The quantitative estimate of drug-likeness (QED) is 0.795. The minimum Gasteiger partial charge on any atom is -0.378 e. The molecule has 1 aromatic rings. The molecule has 3 heterocycles. The van der Waals surface area contributed by atoms with Gasteiger partial charge in [0.05, 0.1) is 13.2 Å². The molecule has 0 N–H and O–H groups in total. The highest BCUT2D eigenvalue weighted by Gasteiger charge is 2.32. The summed E-state index contributed by atoms with van der Waals surface area (Å²) in [5, 5.41) is 0. The maximum Gasteiger partial charge on any atom is 0.225 e. The fraction of sp³-hybridized carbons (Fsp3) is 0.682. The van der Waals surface area contributed by atoms with Gasteiger partial charge >= 0.3 is 0 Å². The van der Waals surface area contributed by atoms with Crippen LogP contribution in [0.15, 0.2) is 30.3 Å². The van der Waals surface area contributed by atoms with E-state index in [1.165, 1.54) is 24.9 Å². The highest BCUT2D eigenvalue weighted by atomic mass is 16.5. The Morgan fingerprint density at radius 1 is 0.963 bits per heavy atom. The van der Waals surface area contributed by atoms with Gasteiger partial charge in [-0.3, -0.25) is 9.69 Å². The average molecular weight is 372 g/mol. The third kappa shape index (κ3) is 4.89. The fourth-order valence-corrected chi connectivity index (χ4v) is 4.83. The lowest BCUT2D eigenvalue weighted by Crippen LogP contribution is -2.48. The molecule has 0 unspecified atom stereocenters. The number of carbonyl (C=O) groups is 1.